The minimum Gasteiger partial charge on any atom is -0.392 e. The van der Waals surface area contributed by atoms with E-state index >= 15 is 0 Å². The lowest BCUT2D eigenvalue weighted by molar-refractivity contribution is -0.127. The zero-order chi connectivity index (χ0) is 44.3. The minimum absolute atomic E-state index is 0. The molecule has 6 aromatic rings. The first-order valence-electron chi connectivity index (χ1n) is 15.3. The minimum atomic E-state index is -0.805. The third-order valence-corrected chi connectivity index (χ3v) is 11.2. The summed E-state index contributed by atoms with van der Waals surface area (Å²) in [4.78, 5) is 33.8. The maximum atomic E-state index is 11.2. The summed E-state index contributed by atoms with van der Waals surface area (Å²) in [5.41, 5.74) is 20.4. The van der Waals surface area contributed by atoms with Gasteiger partial charge in [0.05, 0.1) is 63.5 Å². The van der Waals surface area contributed by atoms with Gasteiger partial charge in [-0.3, -0.25) is 4.79 Å². The number of amides is 3. The molecule has 29 heteroatoms. The van der Waals surface area contributed by atoms with E-state index in [-0.39, 0.29) is 48.0 Å². The Morgan fingerprint density at radius 1 is 0.754 bits per heavy atom. The average molecular weight is 1740 g/mol. The van der Waals surface area contributed by atoms with E-state index in [1.54, 1.807) is 45.9 Å². The van der Waals surface area contributed by atoms with Crippen LogP contribution >= 0.6 is 193 Å². The van der Waals surface area contributed by atoms with Crippen LogP contribution in [0.3, 0.4) is 0 Å². The normalized spacial score (nSPS) is 12.5. The molecular formula is C32H44Br5I5N14O5. The molecule has 0 saturated carbocycles. The number of halogens is 10. The molecule has 0 unspecified atom stereocenters. The number of aliphatic hydroxyl groups excluding tert-OH is 3. The predicted molar refractivity (Wildman–Crippen MR) is 303 cm³/mol. The van der Waals surface area contributed by atoms with Gasteiger partial charge < -0.3 is 32.5 Å². The van der Waals surface area contributed by atoms with Crippen molar-refractivity contribution >= 4 is 239 Å². The van der Waals surface area contributed by atoms with Crippen LogP contribution in [0, 0.1) is 0 Å². The van der Waals surface area contributed by atoms with Crippen molar-refractivity contribution in [1.29, 1.82) is 0 Å². The highest BCUT2D eigenvalue weighted by Crippen LogP contribution is 2.35. The van der Waals surface area contributed by atoms with Crippen molar-refractivity contribution in [1.82, 2.24) is 51.6 Å². The Labute approximate surface area is 464 Å². The second kappa shape index (κ2) is 29.0. The fourth-order valence-corrected chi connectivity index (χ4v) is 7.46. The van der Waals surface area contributed by atoms with E-state index in [4.69, 9.17) is 32.5 Å². The number of nitrogens with two attached hydrogens (primary N) is 3. The van der Waals surface area contributed by atoms with Gasteiger partial charge in [-0.05, 0) is 80.2 Å². The van der Waals surface area contributed by atoms with Crippen LogP contribution < -0.4 is 17.2 Å². The van der Waals surface area contributed by atoms with Gasteiger partial charge in [0, 0.05) is 23.5 Å². The standard InChI is InChI=1S/C7H6Br2N4O.C7H7BrN4O.C7H8N4O.C5H6Br2N2O2.C2H3I3.CH2I2.3CH4/c8-4-3(1-14)6(9)13-5(4)7(10)11-2-12-13;8-5-4(2-13)1-12-6(5)7(9)10-3-11-12;8-7-6-1-5(3-12)2-11(6)10-4-9-7;1-5(2)3(10)8(6)4(11)9(5)7;1-2(3,4)5;2-1-3;;;/h2,14H,1H2,(H2,10,11,12);1,3,13H,2H2,(H2,9,10,11);1-2,4,12H,3H2,(H2,8,9,10);1-2H3;1H3;1H2;3*1H4. The van der Waals surface area contributed by atoms with Gasteiger partial charge in [0.25, 0.3) is 5.91 Å². The van der Waals surface area contributed by atoms with Crippen molar-refractivity contribution in [2.24, 2.45) is 0 Å². The van der Waals surface area contributed by atoms with Crippen molar-refractivity contribution in [2.75, 3.05) is 19.6 Å². The third kappa shape index (κ3) is 17.4. The van der Waals surface area contributed by atoms with Gasteiger partial charge in [-0.2, -0.15) is 19.2 Å². The van der Waals surface area contributed by atoms with Gasteiger partial charge in [-0.25, -0.2) is 37.2 Å². The molecule has 0 aliphatic carbocycles. The summed E-state index contributed by atoms with van der Waals surface area (Å²) in [6, 6.07) is 1.36. The number of aromatic nitrogens is 9. The van der Waals surface area contributed by atoms with Crippen LogP contribution in [-0.2, 0) is 24.6 Å². The van der Waals surface area contributed by atoms with Crippen LogP contribution in [0.15, 0.2) is 51.0 Å². The average Bonchev–Trinajstić information content (AvgIpc) is 3.85. The molecule has 6 aromatic heterocycles. The van der Waals surface area contributed by atoms with Crippen LogP contribution in [-0.4, -0.2) is 86.3 Å². The molecule has 9 N–H and O–H groups in total. The molecule has 1 fully saturated rings. The van der Waals surface area contributed by atoms with Crippen molar-refractivity contribution in [3.63, 3.8) is 0 Å². The van der Waals surface area contributed by atoms with E-state index in [9.17, 15) is 9.59 Å². The smallest absolute Gasteiger partial charge is 0.348 e. The Bertz CT molecular complexity index is 2330. The molecule has 1 aliphatic rings. The molecule has 7 heterocycles. The number of hydrogen-bond acceptors (Lipinski definition) is 14. The molecule has 1 saturated heterocycles. The molecule has 0 radical (unpaired) electrons. The van der Waals surface area contributed by atoms with E-state index in [1.807, 2.05) is 0 Å². The summed E-state index contributed by atoms with van der Waals surface area (Å²) in [6.07, 6.45) is 7.53. The predicted octanol–water partition coefficient (Wildman–Crippen LogP) is 10.0. The zero-order valence-corrected chi connectivity index (χ0v) is 48.6. The number of alkyl halides is 5. The van der Waals surface area contributed by atoms with E-state index < -0.39 is 11.6 Å². The fourth-order valence-electron chi connectivity index (χ4n) is 4.19. The van der Waals surface area contributed by atoms with Gasteiger partial charge in [0.15, 0.2) is 17.5 Å². The van der Waals surface area contributed by atoms with Gasteiger partial charge in [0.1, 0.15) is 45.1 Å². The fraction of sp³-hybridized carbons (Fsp3) is 0.375. The quantitative estimate of drug-likeness (QED) is 0.0417. The van der Waals surface area contributed by atoms with Crippen LogP contribution in [0.5, 0.6) is 0 Å². The summed E-state index contributed by atoms with van der Waals surface area (Å²) in [7, 11) is 0. The second-order valence-corrected chi connectivity index (χ2v) is 32.1. The number of anilines is 3. The largest absolute Gasteiger partial charge is 0.392 e. The first kappa shape index (κ1) is 63.2. The van der Waals surface area contributed by atoms with E-state index in [0.29, 0.717) is 42.6 Å². The Morgan fingerprint density at radius 2 is 1.23 bits per heavy atom. The Hall–Kier alpha value is 0.130. The number of carbonyl (C=O) groups excluding carboxylic acids is 2. The van der Waals surface area contributed by atoms with Crippen LogP contribution in [0.4, 0.5) is 22.2 Å². The second-order valence-electron chi connectivity index (χ2n) is 11.3. The number of imide groups is 1. The maximum Gasteiger partial charge on any atom is 0.348 e. The van der Waals surface area contributed by atoms with Crippen molar-refractivity contribution in [3.8, 4) is 0 Å². The summed E-state index contributed by atoms with van der Waals surface area (Å²) in [6.45, 7) is 5.30. The van der Waals surface area contributed by atoms with Crippen LogP contribution in [0.25, 0.3) is 16.6 Å². The first-order chi connectivity index (χ1) is 27.0. The van der Waals surface area contributed by atoms with Gasteiger partial charge in [0.2, 0.25) is 0 Å². The molecule has 1 aliphatic heterocycles. The topological polar surface area (TPSA) is 270 Å². The lowest BCUT2D eigenvalue weighted by Gasteiger charge is -2.19. The van der Waals surface area contributed by atoms with Gasteiger partial charge >= 0.3 is 6.03 Å². The number of rotatable bonds is 3. The molecule has 7 rings (SSSR count). The molecule has 0 spiro atoms. The van der Waals surface area contributed by atoms with E-state index in [0.717, 1.165) is 25.0 Å². The molecule has 0 bridgehead atoms. The van der Waals surface area contributed by atoms with Gasteiger partial charge in [-0.1, -0.05) is 135 Å². The summed E-state index contributed by atoms with van der Waals surface area (Å²) >= 11 is 27.4. The number of nitrogen functional groups attached to an aromatic ring is 3. The molecule has 342 valence electrons. The van der Waals surface area contributed by atoms with E-state index in [2.05, 4.69) is 230 Å². The first-order valence-corrected chi connectivity index (χ1v) is 25.4. The molecule has 19 nitrogen and oxygen atoms in total. The van der Waals surface area contributed by atoms with Crippen LogP contribution in [0.2, 0.25) is 0 Å². The number of fused-ring (bicyclic) bond motifs is 3. The Kier molecular flexibility index (Phi) is 30.1. The number of aliphatic hydroxyl groups is 3. The van der Waals surface area contributed by atoms with Crippen LogP contribution in [0.1, 0.15) is 59.7 Å². The molecule has 3 amide bonds. The third-order valence-electron chi connectivity index (χ3n) is 6.87. The summed E-state index contributed by atoms with van der Waals surface area (Å²) in [5.74, 6) is 0.901. The number of carbonyl (C=O) groups is 2. The van der Waals surface area contributed by atoms with Crippen molar-refractivity contribution in [3.05, 3.63) is 67.7 Å². The highest BCUT2D eigenvalue weighted by molar-refractivity contribution is 14.3. The summed E-state index contributed by atoms with van der Waals surface area (Å²) < 4.78 is 10.6. The molecular weight excluding hydrogens is 1690 g/mol. The number of nitrogens with zero attached hydrogens (tertiary/aromatic N) is 11. The van der Waals surface area contributed by atoms with E-state index in [1.165, 1.54) is 25.3 Å². The summed E-state index contributed by atoms with van der Waals surface area (Å²) in [5, 5.41) is 38.8. The van der Waals surface area contributed by atoms with Gasteiger partial charge in [-0.15, -0.1) is 0 Å². The molecule has 61 heavy (non-hydrogen) atoms. The maximum absolute atomic E-state index is 11.2. The lowest BCUT2D eigenvalue weighted by Crippen LogP contribution is -2.37. The monoisotopic (exact) mass is 1730 g/mol. The zero-order valence-electron chi connectivity index (χ0n) is 29.9. The Balaban J connectivity index is 0. The highest BCUT2D eigenvalue weighted by Gasteiger charge is 2.50. The Morgan fingerprint density at radius 3 is 1.61 bits per heavy atom. The molecule has 0 atom stereocenters. The van der Waals surface area contributed by atoms with Crippen molar-refractivity contribution in [2.45, 2.75) is 67.8 Å². The SMILES string of the molecule is C.C.C.CC(I)(I)I.CC1(C)C(=O)N(Br)C(=O)N1Br.ICI.Nc1ncnn2c(Br)c(CO)c(Br)c12.Nc1ncnn2cc(CO)c(Br)c12.Nc1ncnn2cc(CO)cc12. The highest BCUT2D eigenvalue weighted by atomic mass is 127. The number of urea groups is 1. The number of hydrogen-bond donors (Lipinski definition) is 6. The molecule has 0 aromatic carbocycles. The van der Waals surface area contributed by atoms with Crippen molar-refractivity contribution < 1.29 is 24.9 Å². The lowest BCUT2D eigenvalue weighted by atomic mass is 10.1.